The molecule has 0 amide bonds. The van der Waals surface area contributed by atoms with E-state index in [9.17, 15) is 0 Å². The smallest absolute Gasteiger partial charge is 0.213 e. The van der Waals surface area contributed by atoms with Crippen LogP contribution in [0.5, 0.6) is 0 Å². The molecule has 6 heteroatoms. The van der Waals surface area contributed by atoms with Gasteiger partial charge in [-0.1, -0.05) is 42.1 Å². The third-order valence-corrected chi connectivity index (χ3v) is 11.4. The summed E-state index contributed by atoms with van der Waals surface area (Å²) in [7, 11) is 0. The summed E-state index contributed by atoms with van der Waals surface area (Å²) in [4.78, 5) is 3.88. The van der Waals surface area contributed by atoms with E-state index in [1.165, 1.54) is 99.8 Å². The molecule has 0 aliphatic carbocycles. The zero-order valence-electron chi connectivity index (χ0n) is 25.1. The average molecular weight is 580 g/mol. The Labute approximate surface area is 255 Å². The second-order valence-corrected chi connectivity index (χ2v) is 13.6. The molecule has 2 aromatic heterocycles. The molecule has 0 spiro atoms. The van der Waals surface area contributed by atoms with E-state index < -0.39 is 0 Å². The van der Waals surface area contributed by atoms with Crippen molar-refractivity contribution in [3.05, 3.63) is 102 Å². The SMILES string of the molecule is CC[N+]12CC[N+](CCC[n+]3ccc(/C=C4\Sc5ccccc5N4CCC[n+]4ccccc4)c4ccccc43)(CC1)CC2. The average Bonchev–Trinajstić information content (AvgIpc) is 3.40. The van der Waals surface area contributed by atoms with Crippen LogP contribution in [0.15, 0.2) is 101 Å². The summed E-state index contributed by atoms with van der Waals surface area (Å²) < 4.78 is 7.52. The van der Waals surface area contributed by atoms with Gasteiger partial charge in [-0.2, -0.15) is 4.57 Å². The van der Waals surface area contributed by atoms with Crippen molar-refractivity contribution in [3.8, 4) is 0 Å². The second-order valence-electron chi connectivity index (χ2n) is 12.6. The van der Waals surface area contributed by atoms with Gasteiger partial charge >= 0.3 is 0 Å². The van der Waals surface area contributed by atoms with Crippen LogP contribution in [0.4, 0.5) is 5.69 Å². The summed E-state index contributed by atoms with van der Waals surface area (Å²) in [6.07, 6.45) is 11.4. The van der Waals surface area contributed by atoms with E-state index in [2.05, 4.69) is 118 Å². The van der Waals surface area contributed by atoms with Gasteiger partial charge in [-0.05, 0) is 36.8 Å². The molecule has 2 bridgehead atoms. The first-order chi connectivity index (χ1) is 20.7. The zero-order chi connectivity index (χ0) is 28.4. The van der Waals surface area contributed by atoms with Gasteiger partial charge in [-0.25, -0.2) is 4.57 Å². The molecule has 0 saturated carbocycles. The van der Waals surface area contributed by atoms with Gasteiger partial charge in [-0.3, -0.25) is 0 Å². The fraction of sp³-hybridized carbons (Fsp3) is 0.389. The molecule has 0 unspecified atom stereocenters. The number of hydrogen-bond acceptors (Lipinski definition) is 2. The van der Waals surface area contributed by atoms with Crippen LogP contribution < -0.4 is 14.0 Å². The van der Waals surface area contributed by atoms with E-state index in [0.29, 0.717) is 0 Å². The Hall–Kier alpha value is -3.19. The van der Waals surface area contributed by atoms with Crippen molar-refractivity contribution in [1.82, 2.24) is 0 Å². The van der Waals surface area contributed by atoms with Crippen LogP contribution in [0.3, 0.4) is 0 Å². The molecule has 4 aliphatic rings. The topological polar surface area (TPSA) is 11.0 Å². The van der Waals surface area contributed by atoms with E-state index in [1.54, 1.807) is 0 Å². The standard InChI is InChI=1S/C36H45N5S/c1-2-40-24-27-41(28-25-40,29-26-40)23-11-20-38-22-16-31(32-12-4-5-13-33(32)38)30-36-39(34-14-6-7-15-35(34)42-36)21-10-19-37-17-8-3-9-18-37/h3-9,12-18,22,30H,2,10-11,19-21,23-29H2,1H3/q+4. The van der Waals surface area contributed by atoms with E-state index in [0.717, 1.165) is 26.1 Å². The number of anilines is 1. The molecule has 6 heterocycles. The van der Waals surface area contributed by atoms with Crippen molar-refractivity contribution in [2.75, 3.05) is 63.8 Å². The lowest BCUT2D eigenvalue weighted by Crippen LogP contribution is -2.75. The third kappa shape index (κ3) is 5.48. The molecular formula is C36H45N5S+4. The van der Waals surface area contributed by atoms with Crippen molar-refractivity contribution in [1.29, 1.82) is 0 Å². The van der Waals surface area contributed by atoms with Crippen LogP contribution in [0, 0.1) is 0 Å². The fourth-order valence-electron chi connectivity index (χ4n) is 7.48. The maximum Gasteiger partial charge on any atom is 0.213 e. The highest BCUT2D eigenvalue weighted by molar-refractivity contribution is 8.03. The number of likely N-dealkylation sites (N-methyl/N-ethyl adjacent to an activating group) is 1. The Morgan fingerprint density at radius 1 is 0.762 bits per heavy atom. The van der Waals surface area contributed by atoms with Crippen LogP contribution in [0.1, 0.15) is 25.3 Å². The minimum Gasteiger partial charge on any atom is -0.335 e. The Morgan fingerprint density at radius 2 is 1.50 bits per heavy atom. The minimum absolute atomic E-state index is 1.00. The molecular weight excluding hydrogens is 534 g/mol. The lowest BCUT2D eigenvalue weighted by atomic mass is 10.1. The first kappa shape index (κ1) is 27.6. The Kier molecular flexibility index (Phi) is 7.78. The van der Waals surface area contributed by atoms with Gasteiger partial charge < -0.3 is 13.9 Å². The van der Waals surface area contributed by atoms with E-state index >= 15 is 0 Å². The summed E-state index contributed by atoms with van der Waals surface area (Å²) in [6.45, 7) is 16.5. The van der Waals surface area contributed by atoms with E-state index in [4.69, 9.17) is 0 Å². The maximum atomic E-state index is 2.52. The van der Waals surface area contributed by atoms with Crippen molar-refractivity contribution < 1.29 is 18.1 Å². The highest BCUT2D eigenvalue weighted by Crippen LogP contribution is 2.46. The number of hydrogen-bond donors (Lipinski definition) is 0. The first-order valence-corrected chi connectivity index (χ1v) is 16.8. The molecule has 3 saturated heterocycles. The predicted molar refractivity (Wildman–Crippen MR) is 173 cm³/mol. The lowest BCUT2D eigenvalue weighted by Gasteiger charge is -2.55. The number of rotatable bonds is 10. The molecule has 216 valence electrons. The molecule has 0 radical (unpaired) electrons. The normalized spacial score (nSPS) is 24.0. The second kappa shape index (κ2) is 11.8. The van der Waals surface area contributed by atoms with Crippen molar-refractivity contribution in [2.45, 2.75) is 37.8 Å². The highest BCUT2D eigenvalue weighted by Gasteiger charge is 2.47. The van der Waals surface area contributed by atoms with Crippen LogP contribution in [-0.2, 0) is 13.1 Å². The van der Waals surface area contributed by atoms with Gasteiger partial charge in [0.25, 0.3) is 0 Å². The molecule has 4 aromatic rings. The number of aromatic nitrogens is 2. The van der Waals surface area contributed by atoms with Gasteiger partial charge in [0.15, 0.2) is 25.1 Å². The Bertz CT molecular complexity index is 1560. The lowest BCUT2D eigenvalue weighted by molar-refractivity contribution is -1.08. The highest BCUT2D eigenvalue weighted by atomic mass is 32.2. The maximum absolute atomic E-state index is 2.52. The van der Waals surface area contributed by atoms with Gasteiger partial charge in [-0.15, -0.1) is 0 Å². The van der Waals surface area contributed by atoms with Crippen molar-refractivity contribution in [3.63, 3.8) is 0 Å². The minimum atomic E-state index is 1.00. The summed E-state index contributed by atoms with van der Waals surface area (Å²) in [5.41, 5.74) is 3.99. The molecule has 5 nitrogen and oxygen atoms in total. The molecule has 8 rings (SSSR count). The Balaban J connectivity index is 1.09. The number of piperazine rings is 3. The number of benzene rings is 2. The van der Waals surface area contributed by atoms with Crippen LogP contribution in [-0.4, -0.2) is 67.9 Å². The summed E-state index contributed by atoms with van der Waals surface area (Å²) >= 11 is 1.90. The largest absolute Gasteiger partial charge is 0.335 e. The molecule has 3 fully saturated rings. The van der Waals surface area contributed by atoms with Gasteiger partial charge in [0.2, 0.25) is 5.52 Å². The van der Waals surface area contributed by atoms with Crippen molar-refractivity contribution >= 4 is 34.4 Å². The first-order valence-electron chi connectivity index (χ1n) is 16.0. The van der Waals surface area contributed by atoms with Crippen LogP contribution >= 0.6 is 11.8 Å². The molecule has 2 aromatic carbocycles. The molecule has 0 N–H and O–H groups in total. The summed E-state index contributed by atoms with van der Waals surface area (Å²) in [5.74, 6) is 0. The van der Waals surface area contributed by atoms with Crippen LogP contribution in [0.2, 0.25) is 0 Å². The molecule has 4 aliphatic heterocycles. The summed E-state index contributed by atoms with van der Waals surface area (Å²) in [5, 5.41) is 2.67. The Morgan fingerprint density at radius 3 is 2.31 bits per heavy atom. The van der Waals surface area contributed by atoms with Gasteiger partial charge in [0, 0.05) is 42.1 Å². The molecule has 42 heavy (non-hydrogen) atoms. The number of aryl methyl sites for hydroxylation is 2. The number of quaternary nitrogens is 2. The zero-order valence-corrected chi connectivity index (χ0v) is 25.9. The van der Waals surface area contributed by atoms with E-state index in [-0.39, 0.29) is 0 Å². The van der Waals surface area contributed by atoms with Gasteiger partial charge in [0.1, 0.15) is 45.8 Å². The predicted octanol–water partition coefficient (Wildman–Crippen LogP) is 5.49. The number of para-hydroxylation sites is 2. The number of pyridine rings is 2. The number of nitrogens with zero attached hydrogens (tertiary/aromatic N) is 5. The summed E-state index contributed by atoms with van der Waals surface area (Å²) in [6, 6.07) is 26.5. The third-order valence-electron chi connectivity index (χ3n) is 10.3. The fourth-order valence-corrected chi connectivity index (χ4v) is 8.62. The number of fused-ring (bicyclic) bond motifs is 5. The molecule has 0 atom stereocenters. The number of thioether (sulfide) groups is 1. The van der Waals surface area contributed by atoms with Crippen LogP contribution in [0.25, 0.3) is 17.0 Å². The van der Waals surface area contributed by atoms with Crippen molar-refractivity contribution in [2.24, 2.45) is 0 Å². The monoisotopic (exact) mass is 579 g/mol. The van der Waals surface area contributed by atoms with E-state index in [1.807, 2.05) is 11.8 Å². The van der Waals surface area contributed by atoms with Gasteiger partial charge in [0.05, 0.1) is 35.6 Å². The quantitative estimate of drug-likeness (QED) is 0.182.